The van der Waals surface area contributed by atoms with E-state index in [1.54, 1.807) is 0 Å². The van der Waals surface area contributed by atoms with Gasteiger partial charge in [0, 0.05) is 0 Å². The Morgan fingerprint density at radius 3 is 0.480 bits per heavy atom. The molecule has 0 unspecified atom stereocenters. The van der Waals surface area contributed by atoms with Gasteiger partial charge in [0.25, 0.3) is 0 Å². The zero-order valence-corrected chi connectivity index (χ0v) is 14.0. The summed E-state index contributed by atoms with van der Waals surface area (Å²) in [5.74, 6) is 0. The topological polar surface area (TPSA) is 172 Å². The number of alkyl halides is 9. The molecule has 0 fully saturated rings. The van der Waals surface area contributed by atoms with Crippen molar-refractivity contribution < 1.29 is 78.4 Å². The normalized spacial score (nSPS) is 13.4. The maximum Gasteiger partial charge on any atom is 3.00 e. The van der Waals surface area contributed by atoms with Crippen LogP contribution in [0, 0.1) is 0 Å². The molecule has 0 radical (unpaired) electrons. The predicted octanol–water partition coefficient (Wildman–Crippen LogP) is -0.227. The van der Waals surface area contributed by atoms with E-state index >= 15 is 0 Å². The average Bonchev–Trinajstić information content (AvgIpc) is 2.08. The molecule has 0 N–H and O–H groups in total. The Bertz CT molecular complexity index is 596. The van der Waals surface area contributed by atoms with Crippen molar-refractivity contribution in [3.63, 3.8) is 0 Å². The molecule has 0 aromatic rings. The zero-order chi connectivity index (χ0) is 21.0. The van der Waals surface area contributed by atoms with E-state index in [9.17, 15) is 39.5 Å². The van der Waals surface area contributed by atoms with Crippen molar-refractivity contribution in [3.8, 4) is 0 Å². The number of rotatable bonds is 0. The molecule has 0 aromatic carbocycles. The predicted molar refractivity (Wildman–Crippen MR) is 53.0 cm³/mol. The molecule has 0 aromatic heterocycles. The first kappa shape index (κ1) is 32.3. The van der Waals surface area contributed by atoms with Gasteiger partial charge < -0.3 is 13.7 Å². The Kier molecular flexibility index (Phi) is 12.3. The number of hydrogen-bond donors (Lipinski definition) is 0. The van der Waals surface area contributed by atoms with Crippen LogP contribution in [-0.4, -0.2) is 72.8 Å². The Balaban J connectivity index is -0.000000130. The molecule has 0 saturated carbocycles. The number of hydrogen-bond acceptors (Lipinski definition) is 9. The van der Waals surface area contributed by atoms with Gasteiger partial charge in [-0.3, -0.25) is 0 Å². The third kappa shape index (κ3) is 15.6. The van der Waals surface area contributed by atoms with Crippen molar-refractivity contribution in [1.82, 2.24) is 0 Å². The van der Waals surface area contributed by atoms with E-state index in [-0.39, 0.29) is 17.4 Å². The van der Waals surface area contributed by atoms with Gasteiger partial charge in [-0.1, -0.05) is 0 Å². The fourth-order valence-corrected chi connectivity index (χ4v) is 0. The van der Waals surface area contributed by atoms with Crippen LogP contribution in [0.5, 0.6) is 0 Å². The van der Waals surface area contributed by atoms with Gasteiger partial charge in [-0.25, -0.2) is 25.3 Å². The van der Waals surface area contributed by atoms with Crippen LogP contribution in [0.3, 0.4) is 0 Å². The fraction of sp³-hybridized carbons (Fsp3) is 1.00. The van der Waals surface area contributed by atoms with Crippen LogP contribution in [0.2, 0.25) is 0 Å². The van der Waals surface area contributed by atoms with E-state index in [2.05, 4.69) is 0 Å². The second-order valence-electron chi connectivity index (χ2n) is 2.70. The van der Waals surface area contributed by atoms with Crippen LogP contribution in [0.1, 0.15) is 0 Å². The van der Waals surface area contributed by atoms with Crippen molar-refractivity contribution >= 4 is 47.7 Å². The third-order valence-corrected chi connectivity index (χ3v) is 2.55. The minimum atomic E-state index is -6.09. The largest absolute Gasteiger partial charge is 3.00 e. The van der Waals surface area contributed by atoms with E-state index in [4.69, 9.17) is 38.9 Å². The summed E-state index contributed by atoms with van der Waals surface area (Å²) >= 11 is 0. The van der Waals surface area contributed by atoms with Crippen LogP contribution in [0.15, 0.2) is 0 Å². The van der Waals surface area contributed by atoms with E-state index in [0.29, 0.717) is 0 Å². The Morgan fingerprint density at radius 1 is 0.440 bits per heavy atom. The van der Waals surface area contributed by atoms with Gasteiger partial charge in [-0.2, -0.15) is 39.5 Å². The van der Waals surface area contributed by atoms with Gasteiger partial charge in [0.1, 0.15) is 0 Å². The summed E-state index contributed by atoms with van der Waals surface area (Å²) in [5, 5.41) is 0. The molecule has 0 rings (SSSR count). The Morgan fingerprint density at radius 2 is 0.480 bits per heavy atom. The summed E-state index contributed by atoms with van der Waals surface area (Å²) in [6.45, 7) is 0. The molecule has 0 saturated heterocycles. The summed E-state index contributed by atoms with van der Waals surface area (Å²) in [4.78, 5) is 0. The van der Waals surface area contributed by atoms with Gasteiger partial charge in [0.2, 0.25) is 0 Å². The summed E-state index contributed by atoms with van der Waals surface area (Å²) in [7, 11) is -18.3. The zero-order valence-electron chi connectivity index (χ0n) is 10.4. The van der Waals surface area contributed by atoms with Crippen molar-refractivity contribution in [2.45, 2.75) is 16.5 Å². The maximum atomic E-state index is 10.7. The Labute approximate surface area is 143 Å². The molecule has 0 aliphatic rings. The van der Waals surface area contributed by atoms with E-state index < -0.39 is 46.9 Å². The smallest absolute Gasteiger partial charge is 0.741 e. The van der Waals surface area contributed by atoms with Crippen LogP contribution < -0.4 is 0 Å². The molecular weight excluding hydrogens is 474 g/mol. The molecule has 0 amide bonds. The first-order chi connectivity index (χ1) is 9.75. The molecule has 0 spiro atoms. The average molecular weight is 474 g/mol. The molecule has 25 heavy (non-hydrogen) atoms. The SMILES string of the molecule is O=S(=O)([O-])C(F)(F)F.O=S(=O)([O-])C(F)(F)F.O=S(=O)([O-])C(F)(F)F.[Al+3]. The fourth-order valence-electron chi connectivity index (χ4n) is 0. The molecule has 0 aliphatic carbocycles. The standard InChI is InChI=1S/3CHF3O3S.Al/c3*2-1(3,4)8(5,6)7;/h3*(H,5,6,7);/q;;;+3/p-3. The van der Waals surface area contributed by atoms with Crippen LogP contribution in [0.4, 0.5) is 39.5 Å². The summed E-state index contributed by atoms with van der Waals surface area (Å²) < 4.78 is 177. The van der Waals surface area contributed by atoms with Crippen molar-refractivity contribution in [2.24, 2.45) is 0 Å². The number of halogens is 9. The third-order valence-electron chi connectivity index (χ3n) is 0.850. The van der Waals surface area contributed by atoms with Gasteiger partial charge in [-0.15, -0.1) is 0 Å². The second kappa shape index (κ2) is 9.53. The van der Waals surface area contributed by atoms with E-state index in [1.807, 2.05) is 0 Å². The summed E-state index contributed by atoms with van der Waals surface area (Å²) in [6.07, 6.45) is 0. The van der Waals surface area contributed by atoms with E-state index in [0.717, 1.165) is 0 Å². The van der Waals surface area contributed by atoms with Crippen molar-refractivity contribution in [1.29, 1.82) is 0 Å². The Hall–Kier alpha value is -0.368. The second-order valence-corrected chi connectivity index (χ2v) is 6.81. The summed E-state index contributed by atoms with van der Waals surface area (Å²) in [6, 6.07) is 0. The van der Waals surface area contributed by atoms with Crippen LogP contribution in [-0.2, 0) is 30.4 Å². The van der Waals surface area contributed by atoms with Crippen LogP contribution >= 0.6 is 0 Å². The minimum Gasteiger partial charge on any atom is -0.741 e. The molecular formula is C3AlF9O9S3. The molecule has 150 valence electrons. The molecule has 22 heteroatoms. The maximum absolute atomic E-state index is 10.7. The minimum absolute atomic E-state index is 0. The van der Waals surface area contributed by atoms with Gasteiger partial charge in [0.15, 0.2) is 30.4 Å². The van der Waals surface area contributed by atoms with Gasteiger partial charge in [-0.05, 0) is 0 Å². The molecule has 0 aliphatic heterocycles. The van der Waals surface area contributed by atoms with Crippen molar-refractivity contribution in [3.05, 3.63) is 0 Å². The first-order valence-corrected chi connectivity index (χ1v) is 8.04. The van der Waals surface area contributed by atoms with Crippen LogP contribution in [0.25, 0.3) is 0 Å². The summed E-state index contributed by atoms with van der Waals surface area (Å²) in [5.41, 5.74) is -16.9. The van der Waals surface area contributed by atoms with Gasteiger partial charge in [0.05, 0.1) is 0 Å². The van der Waals surface area contributed by atoms with Crippen molar-refractivity contribution in [2.75, 3.05) is 0 Å². The molecule has 0 atom stereocenters. The first-order valence-electron chi connectivity index (χ1n) is 3.81. The molecule has 9 nitrogen and oxygen atoms in total. The monoisotopic (exact) mass is 474 g/mol. The molecule has 0 heterocycles. The van der Waals surface area contributed by atoms with E-state index in [1.165, 1.54) is 0 Å². The quantitative estimate of drug-likeness (QED) is 0.199. The molecule has 0 bridgehead atoms. The van der Waals surface area contributed by atoms with Gasteiger partial charge >= 0.3 is 33.9 Å².